The van der Waals surface area contributed by atoms with Crippen molar-refractivity contribution in [2.45, 2.75) is 25.9 Å². The van der Waals surface area contributed by atoms with Gasteiger partial charge in [-0.15, -0.1) is 11.8 Å². The highest BCUT2D eigenvalue weighted by Gasteiger charge is 2.33. The first-order chi connectivity index (χ1) is 8.72. The highest BCUT2D eigenvalue weighted by molar-refractivity contribution is 7.99. The van der Waals surface area contributed by atoms with E-state index in [0.717, 1.165) is 0 Å². The quantitative estimate of drug-likeness (QED) is 0.891. The summed E-state index contributed by atoms with van der Waals surface area (Å²) >= 11 is 1.61. The third-order valence-corrected chi connectivity index (χ3v) is 3.84. The van der Waals surface area contributed by atoms with E-state index in [4.69, 9.17) is 4.42 Å². The number of nitrogens with zero attached hydrogens (tertiary/aromatic N) is 1. The van der Waals surface area contributed by atoms with Gasteiger partial charge in [-0.3, -0.25) is 9.59 Å². The number of nitrogens with one attached hydrogen (secondary N) is 1. The third kappa shape index (κ3) is 2.87. The zero-order chi connectivity index (χ0) is 13.0. The van der Waals surface area contributed by atoms with Crippen LogP contribution in [0.3, 0.4) is 0 Å². The molecule has 0 spiro atoms. The van der Waals surface area contributed by atoms with Crippen LogP contribution in [-0.2, 0) is 16.1 Å². The second-order valence-electron chi connectivity index (χ2n) is 4.03. The number of hydrogen-bond acceptors (Lipinski definition) is 4. The summed E-state index contributed by atoms with van der Waals surface area (Å²) in [5.74, 6) is 1.89. The number of amides is 2. The van der Waals surface area contributed by atoms with E-state index in [-0.39, 0.29) is 17.9 Å². The maximum atomic E-state index is 12.0. The van der Waals surface area contributed by atoms with Crippen LogP contribution in [0, 0.1) is 0 Å². The highest BCUT2D eigenvalue weighted by Crippen LogP contribution is 2.21. The molecule has 1 aromatic rings. The van der Waals surface area contributed by atoms with Crippen LogP contribution in [0.1, 0.15) is 19.1 Å². The minimum atomic E-state index is -0.350. The van der Waals surface area contributed by atoms with Crippen molar-refractivity contribution in [3.8, 4) is 0 Å². The fourth-order valence-corrected chi connectivity index (χ4v) is 2.99. The Balaban J connectivity index is 1.89. The Morgan fingerprint density at radius 2 is 2.44 bits per heavy atom. The van der Waals surface area contributed by atoms with Crippen molar-refractivity contribution in [2.75, 3.05) is 11.6 Å². The van der Waals surface area contributed by atoms with Crippen LogP contribution in [0.2, 0.25) is 0 Å². The predicted octanol–water partition coefficient (Wildman–Crippen LogP) is 1.21. The zero-order valence-corrected chi connectivity index (χ0v) is 11.0. The van der Waals surface area contributed by atoms with Gasteiger partial charge in [0.1, 0.15) is 11.8 Å². The standard InChI is InChI=1S/C12H16N2O3S/c1-2-11(15)14-8-18-7-10(14)12(16)13-6-9-4-3-5-17-9/h3-5,10H,2,6-8H2,1H3,(H,13,16). The van der Waals surface area contributed by atoms with Crippen LogP contribution < -0.4 is 5.32 Å². The second kappa shape index (κ2) is 5.95. The predicted molar refractivity (Wildman–Crippen MR) is 68.8 cm³/mol. The van der Waals surface area contributed by atoms with E-state index < -0.39 is 0 Å². The summed E-state index contributed by atoms with van der Waals surface area (Å²) in [5.41, 5.74) is 0. The molecule has 1 atom stereocenters. The van der Waals surface area contributed by atoms with Crippen molar-refractivity contribution in [1.82, 2.24) is 10.2 Å². The van der Waals surface area contributed by atoms with E-state index >= 15 is 0 Å². The smallest absolute Gasteiger partial charge is 0.244 e. The van der Waals surface area contributed by atoms with E-state index in [1.807, 2.05) is 6.92 Å². The van der Waals surface area contributed by atoms with Crippen molar-refractivity contribution < 1.29 is 14.0 Å². The van der Waals surface area contributed by atoms with Crippen LogP contribution >= 0.6 is 11.8 Å². The van der Waals surface area contributed by atoms with Crippen molar-refractivity contribution >= 4 is 23.6 Å². The molecule has 6 heteroatoms. The largest absolute Gasteiger partial charge is 0.467 e. The summed E-state index contributed by atoms with van der Waals surface area (Å²) in [6.07, 6.45) is 2.00. The summed E-state index contributed by atoms with van der Waals surface area (Å²) in [7, 11) is 0. The lowest BCUT2D eigenvalue weighted by Crippen LogP contribution is -2.46. The maximum Gasteiger partial charge on any atom is 0.244 e. The van der Waals surface area contributed by atoms with Crippen LogP contribution in [0.4, 0.5) is 0 Å². The zero-order valence-electron chi connectivity index (χ0n) is 10.2. The molecule has 18 heavy (non-hydrogen) atoms. The normalized spacial score (nSPS) is 18.9. The summed E-state index contributed by atoms with van der Waals surface area (Å²) in [4.78, 5) is 25.3. The van der Waals surface area contributed by atoms with Gasteiger partial charge in [0.15, 0.2) is 0 Å². The van der Waals surface area contributed by atoms with Crippen molar-refractivity contribution in [3.05, 3.63) is 24.2 Å². The summed E-state index contributed by atoms with van der Waals surface area (Å²) in [6, 6.07) is 3.23. The molecule has 0 saturated carbocycles. The Morgan fingerprint density at radius 3 is 3.11 bits per heavy atom. The molecule has 1 N–H and O–H groups in total. The molecule has 2 rings (SSSR count). The van der Waals surface area contributed by atoms with E-state index in [1.165, 1.54) is 0 Å². The Labute approximate surface area is 110 Å². The number of carbonyl (C=O) groups is 2. The molecular weight excluding hydrogens is 252 g/mol. The molecule has 5 nitrogen and oxygen atoms in total. The highest BCUT2D eigenvalue weighted by atomic mass is 32.2. The molecule has 1 unspecified atom stereocenters. The molecule has 1 aromatic heterocycles. The summed E-state index contributed by atoms with van der Waals surface area (Å²) < 4.78 is 5.14. The molecule has 0 aliphatic carbocycles. The molecule has 0 bridgehead atoms. The summed E-state index contributed by atoms with van der Waals surface area (Å²) in [5, 5.41) is 2.80. The monoisotopic (exact) mass is 268 g/mol. The molecule has 0 radical (unpaired) electrons. The lowest BCUT2D eigenvalue weighted by Gasteiger charge is -2.22. The molecule has 1 fully saturated rings. The second-order valence-corrected chi connectivity index (χ2v) is 5.03. The van der Waals surface area contributed by atoms with Gasteiger partial charge in [0, 0.05) is 12.2 Å². The van der Waals surface area contributed by atoms with Gasteiger partial charge in [0.25, 0.3) is 0 Å². The molecule has 2 heterocycles. The van der Waals surface area contributed by atoms with E-state index in [9.17, 15) is 9.59 Å². The lowest BCUT2D eigenvalue weighted by molar-refractivity contribution is -0.137. The summed E-state index contributed by atoms with van der Waals surface area (Å²) in [6.45, 7) is 2.17. The molecular formula is C12H16N2O3S. The van der Waals surface area contributed by atoms with Gasteiger partial charge in [-0.2, -0.15) is 0 Å². The van der Waals surface area contributed by atoms with E-state index in [0.29, 0.717) is 30.4 Å². The minimum Gasteiger partial charge on any atom is -0.467 e. The first kappa shape index (κ1) is 13.0. The van der Waals surface area contributed by atoms with Crippen LogP contribution in [0.5, 0.6) is 0 Å². The fraction of sp³-hybridized carbons (Fsp3) is 0.500. The van der Waals surface area contributed by atoms with Crippen LogP contribution in [-0.4, -0.2) is 34.4 Å². The van der Waals surface area contributed by atoms with Crippen molar-refractivity contribution in [2.24, 2.45) is 0 Å². The van der Waals surface area contributed by atoms with E-state index in [1.54, 1.807) is 35.1 Å². The number of rotatable bonds is 4. The third-order valence-electron chi connectivity index (χ3n) is 2.82. The number of hydrogen-bond donors (Lipinski definition) is 1. The number of furan rings is 1. The Morgan fingerprint density at radius 1 is 1.61 bits per heavy atom. The number of thioether (sulfide) groups is 1. The molecule has 1 aliphatic rings. The van der Waals surface area contributed by atoms with Gasteiger partial charge in [-0.05, 0) is 12.1 Å². The molecule has 1 aliphatic heterocycles. The van der Waals surface area contributed by atoms with Gasteiger partial charge in [0.2, 0.25) is 11.8 Å². The van der Waals surface area contributed by atoms with Crippen LogP contribution in [0.25, 0.3) is 0 Å². The van der Waals surface area contributed by atoms with E-state index in [2.05, 4.69) is 5.32 Å². The van der Waals surface area contributed by atoms with Gasteiger partial charge < -0.3 is 14.6 Å². The molecule has 1 saturated heterocycles. The Hall–Kier alpha value is -1.43. The van der Waals surface area contributed by atoms with Gasteiger partial charge >= 0.3 is 0 Å². The maximum absolute atomic E-state index is 12.0. The molecule has 98 valence electrons. The average Bonchev–Trinajstić information content (AvgIpc) is 3.05. The van der Waals surface area contributed by atoms with Gasteiger partial charge in [-0.1, -0.05) is 6.92 Å². The van der Waals surface area contributed by atoms with Crippen molar-refractivity contribution in [3.63, 3.8) is 0 Å². The molecule has 0 aromatic carbocycles. The van der Waals surface area contributed by atoms with Crippen molar-refractivity contribution in [1.29, 1.82) is 0 Å². The average molecular weight is 268 g/mol. The van der Waals surface area contributed by atoms with Gasteiger partial charge in [-0.25, -0.2) is 0 Å². The topological polar surface area (TPSA) is 62.6 Å². The first-order valence-corrected chi connectivity index (χ1v) is 7.05. The minimum absolute atomic E-state index is 0.0261. The SMILES string of the molecule is CCC(=O)N1CSCC1C(=O)NCc1ccco1. The Bertz CT molecular complexity index is 419. The van der Waals surface area contributed by atoms with Crippen LogP contribution in [0.15, 0.2) is 22.8 Å². The molecule has 2 amide bonds. The lowest BCUT2D eigenvalue weighted by atomic mass is 10.2. The van der Waals surface area contributed by atoms with Gasteiger partial charge in [0.05, 0.1) is 18.7 Å². The Kier molecular flexibility index (Phi) is 4.30. The number of carbonyl (C=O) groups excluding carboxylic acids is 2. The fourth-order valence-electron chi connectivity index (χ4n) is 1.81. The first-order valence-electron chi connectivity index (χ1n) is 5.89.